The van der Waals surface area contributed by atoms with Crippen molar-refractivity contribution in [2.24, 2.45) is 5.92 Å². The van der Waals surface area contributed by atoms with Gasteiger partial charge in [0.2, 0.25) is 0 Å². The second kappa shape index (κ2) is 4.42. The maximum atomic E-state index is 11.7. The van der Waals surface area contributed by atoms with E-state index in [-0.39, 0.29) is 12.8 Å². The van der Waals surface area contributed by atoms with E-state index in [4.69, 9.17) is 0 Å². The summed E-state index contributed by atoms with van der Waals surface area (Å²) in [4.78, 5) is 14.6. The maximum absolute atomic E-state index is 11.7. The summed E-state index contributed by atoms with van der Waals surface area (Å²) in [6.07, 6.45) is 3.83. The van der Waals surface area contributed by atoms with Crippen LogP contribution in [0.15, 0.2) is 12.2 Å². The van der Waals surface area contributed by atoms with Gasteiger partial charge in [-0.2, -0.15) is 21.6 Å². The molecular weight excluding hydrogens is 253 g/mol. The van der Waals surface area contributed by atoms with Gasteiger partial charge in [0, 0.05) is 0 Å². The molecule has 16 heavy (non-hydrogen) atoms. The maximum Gasteiger partial charge on any atom is 0.526 e. The van der Waals surface area contributed by atoms with Gasteiger partial charge in [-0.05, 0) is 17.2 Å². The van der Waals surface area contributed by atoms with Gasteiger partial charge in [-0.15, -0.1) is 0 Å². The van der Waals surface area contributed by atoms with Gasteiger partial charge >= 0.3 is 21.6 Å². The molecule has 0 amide bonds. The number of hydrogen-bond acceptors (Lipinski definition) is 5. The molecule has 5 nitrogen and oxygen atoms in total. The van der Waals surface area contributed by atoms with Crippen LogP contribution in [0.2, 0.25) is 0 Å². The fraction of sp³-hybridized carbons (Fsp3) is 0.571. The quantitative estimate of drug-likeness (QED) is 0.331. The Morgan fingerprint density at radius 1 is 1.25 bits per heavy atom. The number of rotatable bonds is 3. The second-order valence-corrected chi connectivity index (χ2v) is 4.52. The Hall–Kier alpha value is -1.09. The average molecular weight is 260 g/mol. The third kappa shape index (κ3) is 2.95. The Morgan fingerprint density at radius 2 is 1.75 bits per heavy atom. The molecule has 9 heteroatoms. The van der Waals surface area contributed by atoms with Gasteiger partial charge in [-0.1, -0.05) is 12.2 Å². The summed E-state index contributed by atoms with van der Waals surface area (Å²) in [6.45, 7) is 0. The van der Waals surface area contributed by atoms with Crippen LogP contribution in [0, 0.1) is 5.92 Å². The van der Waals surface area contributed by atoms with Crippen LogP contribution in [0.5, 0.6) is 0 Å². The second-order valence-electron chi connectivity index (χ2n) is 3.01. The minimum Gasteiger partial charge on any atom is -0.281 e. The van der Waals surface area contributed by atoms with E-state index >= 15 is 0 Å². The van der Waals surface area contributed by atoms with E-state index in [1.165, 1.54) is 0 Å². The molecule has 0 spiro atoms. The number of halogens is 3. The van der Waals surface area contributed by atoms with Gasteiger partial charge < -0.3 is 0 Å². The SMILES string of the molecule is O=C(OOS(=O)(=O)C(F)(F)F)C1CC=CC1. The van der Waals surface area contributed by atoms with Gasteiger partial charge in [-0.3, -0.25) is 4.89 Å². The Labute approximate surface area is 88.9 Å². The Morgan fingerprint density at radius 3 is 2.19 bits per heavy atom. The first-order valence-electron chi connectivity index (χ1n) is 4.10. The van der Waals surface area contributed by atoms with Gasteiger partial charge in [0.25, 0.3) is 0 Å². The summed E-state index contributed by atoms with van der Waals surface area (Å²) in [5.74, 6) is -1.83. The molecular formula is C7H7F3O5S. The highest BCUT2D eigenvalue weighted by Gasteiger charge is 2.49. The highest BCUT2D eigenvalue weighted by molar-refractivity contribution is 7.87. The molecule has 0 saturated carbocycles. The predicted octanol–water partition coefficient (Wildman–Crippen LogP) is 1.28. The van der Waals surface area contributed by atoms with Crippen LogP contribution in [0.25, 0.3) is 0 Å². The summed E-state index contributed by atoms with van der Waals surface area (Å²) in [6, 6.07) is 0. The molecule has 0 bridgehead atoms. The predicted molar refractivity (Wildman–Crippen MR) is 44.0 cm³/mol. The zero-order valence-electron chi connectivity index (χ0n) is 7.73. The molecule has 0 aliphatic heterocycles. The summed E-state index contributed by atoms with van der Waals surface area (Å²) < 4.78 is 59.0. The third-order valence-electron chi connectivity index (χ3n) is 1.83. The van der Waals surface area contributed by atoms with Crippen molar-refractivity contribution in [2.75, 3.05) is 0 Å². The van der Waals surface area contributed by atoms with Crippen molar-refractivity contribution >= 4 is 16.1 Å². The Balaban J connectivity index is 2.49. The van der Waals surface area contributed by atoms with Crippen molar-refractivity contribution in [2.45, 2.75) is 18.3 Å². The third-order valence-corrected chi connectivity index (χ3v) is 2.64. The van der Waals surface area contributed by atoms with Crippen LogP contribution in [0.1, 0.15) is 12.8 Å². The Kier molecular flexibility index (Phi) is 3.58. The highest BCUT2D eigenvalue weighted by Crippen LogP contribution is 2.26. The lowest BCUT2D eigenvalue weighted by Crippen LogP contribution is -2.28. The van der Waals surface area contributed by atoms with E-state index in [0.717, 1.165) is 0 Å². The molecule has 0 radical (unpaired) electrons. The Bertz CT molecular complexity index is 389. The highest BCUT2D eigenvalue weighted by atomic mass is 32.2. The normalized spacial score (nSPS) is 17.7. The fourth-order valence-electron chi connectivity index (χ4n) is 0.995. The molecule has 0 atom stereocenters. The monoisotopic (exact) mass is 260 g/mol. The molecule has 0 fully saturated rings. The molecule has 1 aliphatic carbocycles. The van der Waals surface area contributed by atoms with Gasteiger partial charge in [0.05, 0.1) is 5.92 Å². The number of carbonyl (C=O) groups is 1. The van der Waals surface area contributed by atoms with Gasteiger partial charge in [-0.25, -0.2) is 4.79 Å². The van der Waals surface area contributed by atoms with E-state index in [1.807, 2.05) is 0 Å². The first-order chi connectivity index (χ1) is 7.24. The number of carbonyl (C=O) groups excluding carboxylic acids is 1. The molecule has 0 aromatic carbocycles. The summed E-state index contributed by atoms with van der Waals surface area (Å²) in [5, 5.41) is 0. The molecule has 92 valence electrons. The van der Waals surface area contributed by atoms with Crippen LogP contribution in [-0.4, -0.2) is 19.9 Å². The van der Waals surface area contributed by atoms with Gasteiger partial charge in [0.1, 0.15) is 0 Å². The summed E-state index contributed by atoms with van der Waals surface area (Å²) in [5.41, 5.74) is -5.61. The first kappa shape index (κ1) is 13.0. The standard InChI is InChI=1S/C7H7F3O5S/c8-7(9,10)16(12,13)15-14-6(11)5-3-1-2-4-5/h1-2,5H,3-4H2. The first-order valence-corrected chi connectivity index (χ1v) is 5.51. The van der Waals surface area contributed by atoms with Gasteiger partial charge in [0.15, 0.2) is 0 Å². The molecule has 0 heterocycles. The van der Waals surface area contributed by atoms with Crippen molar-refractivity contribution in [1.29, 1.82) is 0 Å². The van der Waals surface area contributed by atoms with Crippen molar-refractivity contribution < 1.29 is 35.6 Å². The number of alkyl halides is 3. The summed E-state index contributed by atoms with van der Waals surface area (Å²) >= 11 is 0. The largest absolute Gasteiger partial charge is 0.526 e. The average Bonchev–Trinajstić information content (AvgIpc) is 2.65. The summed E-state index contributed by atoms with van der Waals surface area (Å²) in [7, 11) is -5.89. The molecule has 1 rings (SSSR count). The lowest BCUT2D eigenvalue weighted by Gasteiger charge is -2.09. The molecule has 0 aromatic rings. The van der Waals surface area contributed by atoms with Crippen molar-refractivity contribution in [3.8, 4) is 0 Å². The van der Waals surface area contributed by atoms with Crippen molar-refractivity contribution in [3.05, 3.63) is 12.2 Å². The molecule has 0 aromatic heterocycles. The van der Waals surface area contributed by atoms with Crippen LogP contribution in [0.3, 0.4) is 0 Å². The van der Waals surface area contributed by atoms with E-state index in [0.29, 0.717) is 0 Å². The zero-order valence-corrected chi connectivity index (χ0v) is 8.55. The molecule has 0 N–H and O–H groups in total. The molecule has 0 unspecified atom stereocenters. The number of hydrogen-bond donors (Lipinski definition) is 0. The minimum absolute atomic E-state index is 0.286. The van der Waals surface area contributed by atoms with E-state index in [2.05, 4.69) is 9.22 Å². The topological polar surface area (TPSA) is 69.7 Å². The van der Waals surface area contributed by atoms with Crippen LogP contribution in [-0.2, 0) is 24.1 Å². The lowest BCUT2D eigenvalue weighted by molar-refractivity contribution is -0.222. The van der Waals surface area contributed by atoms with Crippen molar-refractivity contribution in [3.63, 3.8) is 0 Å². The molecule has 1 aliphatic rings. The minimum atomic E-state index is -5.89. The molecule has 0 saturated heterocycles. The van der Waals surface area contributed by atoms with Crippen LogP contribution >= 0.6 is 0 Å². The van der Waals surface area contributed by atoms with E-state index in [1.54, 1.807) is 12.2 Å². The number of allylic oxidation sites excluding steroid dienone is 2. The van der Waals surface area contributed by atoms with E-state index < -0.39 is 27.5 Å². The van der Waals surface area contributed by atoms with Crippen molar-refractivity contribution in [1.82, 2.24) is 0 Å². The fourth-order valence-corrected chi connectivity index (χ4v) is 1.23. The van der Waals surface area contributed by atoms with E-state index in [9.17, 15) is 26.4 Å². The zero-order chi connectivity index (χ0) is 12.4. The lowest BCUT2D eigenvalue weighted by atomic mass is 10.1. The van der Waals surface area contributed by atoms with Crippen LogP contribution in [0.4, 0.5) is 13.2 Å². The smallest absolute Gasteiger partial charge is 0.281 e. The van der Waals surface area contributed by atoms with Crippen LogP contribution < -0.4 is 0 Å².